The Bertz CT molecular complexity index is 1620. The van der Waals surface area contributed by atoms with E-state index >= 15 is 0 Å². The van der Waals surface area contributed by atoms with Gasteiger partial charge in [0.25, 0.3) is 0 Å². The number of halogens is 5. The van der Waals surface area contributed by atoms with Gasteiger partial charge < -0.3 is 4.57 Å². The van der Waals surface area contributed by atoms with Gasteiger partial charge in [0.15, 0.2) is 27.1 Å². The van der Waals surface area contributed by atoms with Crippen LogP contribution in [-0.4, -0.2) is 55.0 Å². The number of aromatic nitrogens is 7. The lowest BCUT2D eigenvalue weighted by Gasteiger charge is -2.17. The van der Waals surface area contributed by atoms with Crippen molar-refractivity contribution in [3.05, 3.63) is 42.0 Å². The maximum absolute atomic E-state index is 13.8. The summed E-state index contributed by atoms with van der Waals surface area (Å²) in [5.41, 5.74) is -0.925. The molecule has 9 nitrogen and oxygen atoms in total. The smallest absolute Gasteiger partial charge is 0.309 e. The quantitative estimate of drug-likeness (QED) is 0.335. The fraction of sp³-hybridized carbons (Fsp3) is 0.364. The Balaban J connectivity index is 1.63. The molecule has 4 aromatic heterocycles. The largest absolute Gasteiger partial charge is 0.459 e. The molecule has 0 amide bonds. The molecule has 5 rings (SSSR count). The van der Waals surface area contributed by atoms with Gasteiger partial charge in [-0.15, -0.1) is 10.2 Å². The molecule has 4 heterocycles. The molecular weight excluding hydrogens is 521 g/mol. The van der Waals surface area contributed by atoms with Gasteiger partial charge in [0.1, 0.15) is 16.9 Å². The van der Waals surface area contributed by atoms with Crippen molar-refractivity contribution in [2.75, 3.05) is 5.75 Å². The normalized spacial score (nSPS) is 14.9. The topological polar surface area (TPSA) is 116 Å². The number of fused-ring (bicyclic) bond motifs is 1. The predicted octanol–water partition coefficient (Wildman–Crippen LogP) is 4.21. The lowest BCUT2D eigenvalue weighted by atomic mass is 10.2. The molecule has 0 aliphatic heterocycles. The van der Waals surface area contributed by atoms with Gasteiger partial charge in [-0.25, -0.2) is 23.4 Å². The lowest BCUT2D eigenvalue weighted by Crippen LogP contribution is -2.34. The first-order valence-electron chi connectivity index (χ1n) is 11.0. The van der Waals surface area contributed by atoms with Gasteiger partial charge in [0.2, 0.25) is 0 Å². The molecule has 1 aliphatic rings. The fourth-order valence-electron chi connectivity index (χ4n) is 3.74. The van der Waals surface area contributed by atoms with E-state index in [0.29, 0.717) is 17.5 Å². The summed E-state index contributed by atoms with van der Waals surface area (Å²) in [6.45, 7) is 1.43. The van der Waals surface area contributed by atoms with E-state index < -0.39 is 27.6 Å². The molecule has 0 unspecified atom stereocenters. The van der Waals surface area contributed by atoms with E-state index in [4.69, 9.17) is 0 Å². The average Bonchev–Trinajstić information content (AvgIpc) is 3.66. The van der Waals surface area contributed by atoms with Crippen LogP contribution in [0.25, 0.3) is 34.1 Å². The van der Waals surface area contributed by atoms with Gasteiger partial charge >= 0.3 is 12.1 Å². The summed E-state index contributed by atoms with van der Waals surface area (Å²) < 4.78 is 93.2. The lowest BCUT2D eigenvalue weighted by molar-refractivity contribution is -0.291. The summed E-state index contributed by atoms with van der Waals surface area (Å²) in [5.74, 6) is -4.97. The van der Waals surface area contributed by atoms with Crippen molar-refractivity contribution in [2.45, 2.75) is 42.7 Å². The molecule has 0 aromatic carbocycles. The minimum absolute atomic E-state index is 0.111. The third-order valence-corrected chi connectivity index (χ3v) is 7.79. The first-order chi connectivity index (χ1) is 17.3. The number of imidazole rings is 1. The number of pyridine rings is 1. The number of nitrogens with zero attached hydrogens (tertiary/aromatic N) is 7. The number of hydrogen-bond donors (Lipinski definition) is 0. The highest BCUT2D eigenvalue weighted by Crippen LogP contribution is 2.43. The second kappa shape index (κ2) is 8.46. The van der Waals surface area contributed by atoms with E-state index in [1.54, 1.807) is 12.4 Å². The van der Waals surface area contributed by atoms with Crippen molar-refractivity contribution < 1.29 is 30.4 Å². The highest BCUT2D eigenvalue weighted by molar-refractivity contribution is 7.91. The van der Waals surface area contributed by atoms with Crippen LogP contribution in [0.4, 0.5) is 22.0 Å². The highest BCUT2D eigenvalue weighted by Gasteiger charge is 2.60. The molecule has 0 spiro atoms. The van der Waals surface area contributed by atoms with Crippen LogP contribution in [0.2, 0.25) is 0 Å². The van der Waals surface area contributed by atoms with Crippen LogP contribution in [0.1, 0.15) is 36.9 Å². The molecule has 37 heavy (non-hydrogen) atoms. The zero-order chi connectivity index (χ0) is 26.8. The van der Waals surface area contributed by atoms with Crippen LogP contribution in [0.5, 0.6) is 0 Å². The molecule has 194 valence electrons. The molecule has 1 fully saturated rings. The summed E-state index contributed by atoms with van der Waals surface area (Å²) in [4.78, 5) is 16.8. The number of sulfone groups is 1. The molecule has 0 radical (unpaired) electrons. The summed E-state index contributed by atoms with van der Waals surface area (Å²) in [6.07, 6.45) is 0.946. The van der Waals surface area contributed by atoms with E-state index in [9.17, 15) is 30.4 Å². The Labute approximate surface area is 206 Å². The Morgan fingerprint density at radius 1 is 1.00 bits per heavy atom. The van der Waals surface area contributed by atoms with Crippen molar-refractivity contribution in [3.63, 3.8) is 0 Å². The fourth-order valence-corrected chi connectivity index (χ4v) is 4.79. The van der Waals surface area contributed by atoms with Gasteiger partial charge in [-0.2, -0.15) is 22.0 Å². The summed E-state index contributed by atoms with van der Waals surface area (Å²) >= 11 is 0. The summed E-state index contributed by atoms with van der Waals surface area (Å²) in [5, 5.41) is 6.53. The molecule has 1 saturated carbocycles. The Hall–Kier alpha value is -3.62. The molecule has 0 atom stereocenters. The first-order valence-corrected chi connectivity index (χ1v) is 12.7. The third-order valence-electron chi connectivity index (χ3n) is 6.05. The molecule has 4 aromatic rings. The maximum Gasteiger partial charge on any atom is 0.459 e. The molecule has 0 N–H and O–H groups in total. The minimum atomic E-state index is -5.88. The van der Waals surface area contributed by atoms with E-state index in [1.165, 1.54) is 30.8 Å². The van der Waals surface area contributed by atoms with Crippen LogP contribution in [0, 0.1) is 0 Å². The number of aryl methyl sites for hydroxylation is 1. The standard InChI is InChI=1S/C22H18F5N7O2S/c1-3-37(35,36)15-6-12(18-29-9-13(10-30-18)11-4-5-11)8-28-17(15)20-31-14-7-16(21(23,24)22(25,26)27)32-33-19(14)34(20)2/h6-11H,3-5H2,1-2H3. The van der Waals surface area contributed by atoms with Crippen molar-refractivity contribution in [1.29, 1.82) is 0 Å². The van der Waals surface area contributed by atoms with E-state index in [0.717, 1.165) is 18.4 Å². The SMILES string of the molecule is CCS(=O)(=O)c1cc(-c2ncc(C3CC3)cn2)cnc1-c1nc2cc(C(F)(F)C(F)(F)F)nnc2n1C. The molecular formula is C22H18F5N7O2S. The van der Waals surface area contributed by atoms with Crippen LogP contribution in [-0.2, 0) is 22.8 Å². The number of alkyl halides is 5. The number of rotatable bonds is 6. The maximum atomic E-state index is 13.8. The summed E-state index contributed by atoms with van der Waals surface area (Å²) in [7, 11) is -2.51. The molecule has 0 saturated heterocycles. The summed E-state index contributed by atoms with van der Waals surface area (Å²) in [6, 6.07) is 1.80. The first kappa shape index (κ1) is 25.0. The van der Waals surface area contributed by atoms with Crippen LogP contribution >= 0.6 is 0 Å². The van der Waals surface area contributed by atoms with Gasteiger partial charge in [0.05, 0.1) is 10.6 Å². The van der Waals surface area contributed by atoms with Gasteiger partial charge in [-0.3, -0.25) is 4.98 Å². The number of hydrogen-bond acceptors (Lipinski definition) is 8. The molecule has 1 aliphatic carbocycles. The predicted molar refractivity (Wildman–Crippen MR) is 120 cm³/mol. The van der Waals surface area contributed by atoms with Gasteiger partial charge in [0, 0.05) is 31.2 Å². The van der Waals surface area contributed by atoms with Crippen molar-refractivity contribution in [3.8, 4) is 22.9 Å². The average molecular weight is 539 g/mol. The second-order valence-electron chi connectivity index (χ2n) is 8.59. The zero-order valence-corrected chi connectivity index (χ0v) is 20.1. The molecule has 0 bridgehead atoms. The van der Waals surface area contributed by atoms with Crippen molar-refractivity contribution >= 4 is 21.0 Å². The van der Waals surface area contributed by atoms with Crippen LogP contribution in [0.15, 0.2) is 35.6 Å². The monoisotopic (exact) mass is 539 g/mol. The van der Waals surface area contributed by atoms with Crippen LogP contribution < -0.4 is 0 Å². The van der Waals surface area contributed by atoms with E-state index in [-0.39, 0.29) is 39.2 Å². The van der Waals surface area contributed by atoms with Gasteiger partial charge in [-0.1, -0.05) is 6.92 Å². The molecule has 15 heteroatoms. The highest BCUT2D eigenvalue weighted by atomic mass is 32.2. The van der Waals surface area contributed by atoms with Crippen LogP contribution in [0.3, 0.4) is 0 Å². The van der Waals surface area contributed by atoms with Crippen molar-refractivity contribution in [1.82, 2.24) is 34.7 Å². The minimum Gasteiger partial charge on any atom is -0.309 e. The van der Waals surface area contributed by atoms with E-state index in [2.05, 4.69) is 30.1 Å². The van der Waals surface area contributed by atoms with Gasteiger partial charge in [-0.05, 0) is 36.5 Å². The third kappa shape index (κ3) is 4.30. The Kier molecular flexibility index (Phi) is 5.73. The van der Waals surface area contributed by atoms with Crippen molar-refractivity contribution in [2.24, 2.45) is 7.05 Å². The Morgan fingerprint density at radius 2 is 1.68 bits per heavy atom. The van der Waals surface area contributed by atoms with E-state index in [1.807, 2.05) is 0 Å². The second-order valence-corrected chi connectivity index (χ2v) is 10.8. The zero-order valence-electron chi connectivity index (χ0n) is 19.3. The Morgan fingerprint density at radius 3 is 2.27 bits per heavy atom.